The molecule has 0 radical (unpaired) electrons. The summed E-state index contributed by atoms with van der Waals surface area (Å²) in [6.07, 6.45) is 0.583. The van der Waals surface area contributed by atoms with E-state index in [9.17, 15) is 0 Å². The molecule has 0 aliphatic carbocycles. The van der Waals surface area contributed by atoms with Gasteiger partial charge in [0.2, 0.25) is 0 Å². The fraction of sp³-hybridized carbons (Fsp3) is 1.00. The summed E-state index contributed by atoms with van der Waals surface area (Å²) < 4.78 is 9.34. The van der Waals surface area contributed by atoms with Crippen LogP contribution in [0.1, 0.15) is 6.92 Å². The van der Waals surface area contributed by atoms with Crippen molar-refractivity contribution in [3.05, 3.63) is 0 Å². The first-order chi connectivity index (χ1) is 5.31. The molecule has 1 heterocycles. The Morgan fingerprint density at radius 2 is 1.73 bits per heavy atom. The van der Waals surface area contributed by atoms with Crippen LogP contribution in [0.5, 0.6) is 0 Å². The minimum Gasteiger partial charge on any atom is -0.394 e. The Labute approximate surface area is 66.7 Å². The third-order valence-corrected chi connectivity index (χ3v) is 0.971. The minimum absolute atomic E-state index is 0.0278. The Bertz CT molecular complexity index is 68.8. The molecule has 11 heavy (non-hydrogen) atoms. The van der Waals surface area contributed by atoms with E-state index in [1.165, 1.54) is 0 Å². The number of epoxide rings is 1. The Balaban J connectivity index is 0.000000207. The Hall–Kier alpha value is -0.160. The number of aliphatic hydroxyl groups is 2. The molecule has 4 heteroatoms. The molecule has 0 bridgehead atoms. The first kappa shape index (κ1) is 10.8. The van der Waals surface area contributed by atoms with Crippen molar-refractivity contribution in [3.63, 3.8) is 0 Å². The molecule has 1 rings (SSSR count). The third kappa shape index (κ3) is 12.9. The highest BCUT2D eigenvalue weighted by atomic mass is 16.6. The lowest BCUT2D eigenvalue weighted by atomic mass is 10.6. The topological polar surface area (TPSA) is 62.2 Å². The van der Waals surface area contributed by atoms with Crippen molar-refractivity contribution in [1.82, 2.24) is 0 Å². The van der Waals surface area contributed by atoms with E-state index in [0.717, 1.165) is 6.61 Å². The smallest absolute Gasteiger partial charge is 0.0781 e. The highest BCUT2D eigenvalue weighted by molar-refractivity contribution is 4.58. The zero-order chi connectivity index (χ0) is 8.53. The van der Waals surface area contributed by atoms with Crippen molar-refractivity contribution in [2.45, 2.75) is 13.0 Å². The first-order valence-corrected chi connectivity index (χ1v) is 3.72. The van der Waals surface area contributed by atoms with Crippen LogP contribution in [-0.4, -0.2) is 49.4 Å². The van der Waals surface area contributed by atoms with Crippen LogP contribution in [0.25, 0.3) is 0 Å². The van der Waals surface area contributed by atoms with Gasteiger partial charge in [0, 0.05) is 0 Å². The van der Waals surface area contributed by atoms with E-state index in [1.807, 2.05) is 0 Å². The van der Waals surface area contributed by atoms with Crippen molar-refractivity contribution in [2.75, 3.05) is 33.0 Å². The number of rotatable bonds is 4. The van der Waals surface area contributed by atoms with Gasteiger partial charge >= 0.3 is 0 Å². The molecule has 0 aromatic carbocycles. The lowest BCUT2D eigenvalue weighted by Gasteiger charge is -1.94. The van der Waals surface area contributed by atoms with Gasteiger partial charge in [0.05, 0.1) is 39.1 Å². The van der Waals surface area contributed by atoms with E-state index < -0.39 is 0 Å². The highest BCUT2D eigenvalue weighted by Crippen LogP contribution is 2.04. The van der Waals surface area contributed by atoms with Crippen LogP contribution >= 0.6 is 0 Å². The van der Waals surface area contributed by atoms with Gasteiger partial charge < -0.3 is 19.7 Å². The van der Waals surface area contributed by atoms with E-state index in [-0.39, 0.29) is 13.2 Å². The molecule has 68 valence electrons. The van der Waals surface area contributed by atoms with Gasteiger partial charge in [-0.25, -0.2) is 0 Å². The maximum absolute atomic E-state index is 8.09. The summed E-state index contributed by atoms with van der Waals surface area (Å²) in [5, 5.41) is 16.2. The molecule has 0 aromatic heterocycles. The van der Waals surface area contributed by atoms with E-state index in [0.29, 0.717) is 19.3 Å². The summed E-state index contributed by atoms with van der Waals surface area (Å²) >= 11 is 0. The molecule has 1 aliphatic rings. The van der Waals surface area contributed by atoms with Gasteiger partial charge in [0.25, 0.3) is 0 Å². The van der Waals surface area contributed by atoms with Crippen molar-refractivity contribution in [2.24, 2.45) is 0 Å². The molecule has 0 amide bonds. The maximum atomic E-state index is 8.09. The molecule has 1 unspecified atom stereocenters. The molecular formula is C7H16O4. The Morgan fingerprint density at radius 1 is 1.36 bits per heavy atom. The summed E-state index contributed by atoms with van der Waals surface area (Å²) in [4.78, 5) is 0. The van der Waals surface area contributed by atoms with Gasteiger partial charge in [-0.3, -0.25) is 0 Å². The quantitative estimate of drug-likeness (QED) is 0.430. The summed E-state index contributed by atoms with van der Waals surface area (Å²) in [5.74, 6) is 0. The van der Waals surface area contributed by atoms with E-state index >= 15 is 0 Å². The van der Waals surface area contributed by atoms with Crippen LogP contribution in [0.3, 0.4) is 0 Å². The van der Waals surface area contributed by atoms with Crippen LogP contribution in [0.4, 0.5) is 0 Å². The lowest BCUT2D eigenvalue weighted by Crippen LogP contribution is -2.03. The summed E-state index contributed by atoms with van der Waals surface area (Å²) in [7, 11) is 0. The number of hydrogen-bond acceptors (Lipinski definition) is 4. The summed E-state index contributed by atoms with van der Waals surface area (Å²) in [5.41, 5.74) is 0. The third-order valence-electron chi connectivity index (χ3n) is 0.971. The van der Waals surface area contributed by atoms with Gasteiger partial charge in [-0.2, -0.15) is 0 Å². The molecule has 1 atom stereocenters. The monoisotopic (exact) mass is 164 g/mol. The minimum atomic E-state index is 0.0278. The van der Waals surface area contributed by atoms with Crippen molar-refractivity contribution < 1.29 is 19.7 Å². The second-order valence-electron chi connectivity index (χ2n) is 2.20. The van der Waals surface area contributed by atoms with Crippen LogP contribution in [0.15, 0.2) is 0 Å². The largest absolute Gasteiger partial charge is 0.394 e. The fourth-order valence-corrected chi connectivity index (χ4v) is 0.327. The summed E-state index contributed by atoms with van der Waals surface area (Å²) in [6, 6.07) is 0. The first-order valence-electron chi connectivity index (χ1n) is 3.72. The predicted molar refractivity (Wildman–Crippen MR) is 40.4 cm³/mol. The SMILES string of the molecule is CC1CO1.OCCOCCO. The second-order valence-corrected chi connectivity index (χ2v) is 2.20. The molecule has 0 aromatic rings. The molecule has 4 nitrogen and oxygen atoms in total. The molecular weight excluding hydrogens is 148 g/mol. The van der Waals surface area contributed by atoms with E-state index in [2.05, 4.69) is 11.7 Å². The fourth-order valence-electron chi connectivity index (χ4n) is 0.327. The van der Waals surface area contributed by atoms with Crippen LogP contribution in [0, 0.1) is 0 Å². The molecule has 0 spiro atoms. The average Bonchev–Trinajstić information content (AvgIpc) is 2.75. The highest BCUT2D eigenvalue weighted by Gasteiger charge is 2.13. The number of aliphatic hydroxyl groups excluding tert-OH is 2. The molecule has 1 aliphatic heterocycles. The van der Waals surface area contributed by atoms with Gasteiger partial charge in [0.1, 0.15) is 0 Å². The van der Waals surface area contributed by atoms with Crippen LogP contribution in [-0.2, 0) is 9.47 Å². The molecule has 0 saturated carbocycles. The maximum Gasteiger partial charge on any atom is 0.0781 e. The number of ether oxygens (including phenoxy) is 2. The summed E-state index contributed by atoms with van der Waals surface area (Å²) in [6.45, 7) is 3.74. The molecule has 1 fully saturated rings. The van der Waals surface area contributed by atoms with Crippen molar-refractivity contribution in [1.29, 1.82) is 0 Å². The van der Waals surface area contributed by atoms with Gasteiger partial charge in [-0.05, 0) is 6.92 Å². The second kappa shape index (κ2) is 7.94. The van der Waals surface area contributed by atoms with Gasteiger partial charge in [0.15, 0.2) is 0 Å². The molecule has 1 saturated heterocycles. The standard InChI is InChI=1S/C4H10O3.C3H6O/c5-1-3-7-4-2-6;1-3-2-4-3/h5-6H,1-4H2;3H,2H2,1H3. The Morgan fingerprint density at radius 3 is 1.91 bits per heavy atom. The lowest BCUT2D eigenvalue weighted by molar-refractivity contribution is 0.0650. The Kier molecular flexibility index (Phi) is 7.83. The normalized spacial score (nSPS) is 20.5. The van der Waals surface area contributed by atoms with Gasteiger partial charge in [-0.15, -0.1) is 0 Å². The van der Waals surface area contributed by atoms with E-state index in [4.69, 9.17) is 14.9 Å². The van der Waals surface area contributed by atoms with Crippen molar-refractivity contribution in [3.8, 4) is 0 Å². The van der Waals surface area contributed by atoms with Crippen LogP contribution in [0.2, 0.25) is 0 Å². The van der Waals surface area contributed by atoms with E-state index in [1.54, 1.807) is 0 Å². The zero-order valence-corrected chi connectivity index (χ0v) is 6.82. The van der Waals surface area contributed by atoms with Crippen LogP contribution < -0.4 is 0 Å². The van der Waals surface area contributed by atoms with Crippen molar-refractivity contribution >= 4 is 0 Å². The van der Waals surface area contributed by atoms with Gasteiger partial charge in [-0.1, -0.05) is 0 Å². The number of hydrogen-bond donors (Lipinski definition) is 2. The zero-order valence-electron chi connectivity index (χ0n) is 6.82. The average molecular weight is 164 g/mol. The predicted octanol–water partition coefficient (Wildman–Crippen LogP) is -0.607. The molecule has 2 N–H and O–H groups in total.